The van der Waals surface area contributed by atoms with E-state index in [1.807, 2.05) is 30.3 Å². The van der Waals surface area contributed by atoms with Crippen molar-refractivity contribution in [1.82, 2.24) is 0 Å². The predicted molar refractivity (Wildman–Crippen MR) is 79.3 cm³/mol. The van der Waals surface area contributed by atoms with Gasteiger partial charge in [0.25, 0.3) is 0 Å². The van der Waals surface area contributed by atoms with Crippen molar-refractivity contribution in [3.05, 3.63) is 42.5 Å². The van der Waals surface area contributed by atoms with Crippen LogP contribution in [0.2, 0.25) is 0 Å². The lowest BCUT2D eigenvalue weighted by Gasteiger charge is -2.18. The molecule has 2 aliphatic carbocycles. The molecule has 0 spiro atoms. The number of rotatable bonds is 2. The van der Waals surface area contributed by atoms with Gasteiger partial charge in [-0.2, -0.15) is 5.10 Å². The molecule has 20 heavy (non-hydrogen) atoms. The third-order valence-electron chi connectivity index (χ3n) is 4.64. The van der Waals surface area contributed by atoms with E-state index in [1.165, 1.54) is 0 Å². The van der Waals surface area contributed by atoms with E-state index >= 15 is 0 Å². The minimum Gasteiger partial charge on any atom is -0.279 e. The molecule has 5 heteroatoms. The quantitative estimate of drug-likeness (QED) is 0.669. The molecule has 1 aliphatic heterocycles. The number of hydrogen-bond acceptors (Lipinski definition) is 4. The number of para-hydroxylation sites is 1. The molecule has 0 amide bonds. The molecule has 1 N–H and O–H groups in total. The average molecular weight is 288 g/mol. The monoisotopic (exact) mass is 288 g/mol. The molecule has 1 heterocycles. The Morgan fingerprint density at radius 2 is 1.85 bits per heavy atom. The van der Waals surface area contributed by atoms with Crippen molar-refractivity contribution in [2.75, 3.05) is 11.2 Å². The second kappa shape index (κ2) is 4.19. The molecule has 3 aliphatic rings. The summed E-state index contributed by atoms with van der Waals surface area (Å²) in [7, 11) is -3.03. The normalized spacial score (nSPS) is 38.3. The Bertz CT molecular complexity index is 694. The first-order valence-corrected chi connectivity index (χ1v) is 8.64. The van der Waals surface area contributed by atoms with E-state index in [4.69, 9.17) is 0 Å². The van der Waals surface area contributed by atoms with Gasteiger partial charge in [-0.3, -0.25) is 5.43 Å². The fourth-order valence-electron chi connectivity index (χ4n) is 3.86. The number of nitrogens with one attached hydrogen (secondary N) is 1. The van der Waals surface area contributed by atoms with Crippen LogP contribution in [0, 0.1) is 17.8 Å². The number of sulfone groups is 1. The summed E-state index contributed by atoms with van der Waals surface area (Å²) in [5.41, 5.74) is 4.69. The van der Waals surface area contributed by atoms with Crippen LogP contribution in [-0.4, -0.2) is 25.1 Å². The molecule has 1 saturated carbocycles. The predicted octanol–water partition coefficient (Wildman–Crippen LogP) is 2.07. The Morgan fingerprint density at radius 1 is 1.10 bits per heavy atom. The molecule has 0 radical (unpaired) electrons. The SMILES string of the molecule is O=S1(=O)C/C(=N\Nc2ccccc2)C2C3C=CC(C3)[C@@H]21. The van der Waals surface area contributed by atoms with Gasteiger partial charge in [-0.25, -0.2) is 8.42 Å². The standard InChI is InChI=1S/C15H16N2O2S/c18-20(19)9-13(17-16-12-4-2-1-3-5-12)14-10-6-7-11(8-10)15(14)20/h1-7,10-11,14-16H,8-9H2/b17-13+/t10?,11?,14?,15-/m0/s1. The Balaban J connectivity index is 1.65. The van der Waals surface area contributed by atoms with Crippen LogP contribution in [0.4, 0.5) is 5.69 Å². The molecule has 0 aromatic heterocycles. The van der Waals surface area contributed by atoms with Gasteiger partial charge in [0.05, 0.1) is 22.4 Å². The molecule has 1 saturated heterocycles. The van der Waals surface area contributed by atoms with Crippen molar-refractivity contribution in [2.24, 2.45) is 22.9 Å². The molecule has 1 aromatic rings. The van der Waals surface area contributed by atoms with Crippen molar-refractivity contribution < 1.29 is 8.42 Å². The summed E-state index contributed by atoms with van der Waals surface area (Å²) in [5, 5.41) is 4.18. The molecule has 104 valence electrons. The number of hydrazone groups is 1. The summed E-state index contributed by atoms with van der Waals surface area (Å²) in [6.45, 7) is 0. The summed E-state index contributed by atoms with van der Waals surface area (Å²) < 4.78 is 24.6. The zero-order valence-corrected chi connectivity index (χ0v) is 11.8. The summed E-state index contributed by atoms with van der Waals surface area (Å²) in [6.07, 6.45) is 5.22. The molecule has 3 unspecified atom stereocenters. The highest BCUT2D eigenvalue weighted by Gasteiger charge is 2.57. The number of benzene rings is 1. The first-order valence-electron chi connectivity index (χ1n) is 6.92. The first-order chi connectivity index (χ1) is 9.65. The topological polar surface area (TPSA) is 58.5 Å². The lowest BCUT2D eigenvalue weighted by atomic mass is 9.90. The maximum Gasteiger partial charge on any atom is 0.159 e. The van der Waals surface area contributed by atoms with Gasteiger partial charge in [0.1, 0.15) is 0 Å². The second-order valence-electron chi connectivity index (χ2n) is 5.83. The maximum atomic E-state index is 12.3. The van der Waals surface area contributed by atoms with E-state index in [0.717, 1.165) is 17.8 Å². The molecule has 2 bridgehead atoms. The van der Waals surface area contributed by atoms with E-state index in [-0.39, 0.29) is 22.8 Å². The van der Waals surface area contributed by atoms with Crippen LogP contribution < -0.4 is 5.43 Å². The molecule has 4 rings (SSSR count). The van der Waals surface area contributed by atoms with Crippen LogP contribution in [0.15, 0.2) is 47.6 Å². The summed E-state index contributed by atoms with van der Waals surface area (Å²) in [5.74, 6) is 0.765. The molecule has 4 nitrogen and oxygen atoms in total. The Hall–Kier alpha value is -1.62. The number of hydrogen-bond donors (Lipinski definition) is 1. The van der Waals surface area contributed by atoms with Gasteiger partial charge in [-0.1, -0.05) is 30.4 Å². The minimum atomic E-state index is -3.03. The third kappa shape index (κ3) is 1.73. The lowest BCUT2D eigenvalue weighted by Crippen LogP contribution is -2.28. The van der Waals surface area contributed by atoms with Gasteiger partial charge in [-0.05, 0) is 30.4 Å². The third-order valence-corrected chi connectivity index (χ3v) is 6.81. The van der Waals surface area contributed by atoms with Crippen LogP contribution in [0.25, 0.3) is 0 Å². The van der Waals surface area contributed by atoms with Crippen LogP contribution in [-0.2, 0) is 9.84 Å². The number of fused-ring (bicyclic) bond motifs is 5. The number of allylic oxidation sites excluding steroid dienone is 2. The van der Waals surface area contributed by atoms with Gasteiger partial charge < -0.3 is 0 Å². The van der Waals surface area contributed by atoms with Gasteiger partial charge in [-0.15, -0.1) is 0 Å². The van der Waals surface area contributed by atoms with E-state index in [1.54, 1.807) is 0 Å². The molecule has 1 aromatic carbocycles. The van der Waals surface area contributed by atoms with E-state index in [9.17, 15) is 8.42 Å². The summed E-state index contributed by atoms with van der Waals surface area (Å²) in [6, 6.07) is 9.64. The van der Waals surface area contributed by atoms with Crippen molar-refractivity contribution in [2.45, 2.75) is 11.7 Å². The molecule has 4 atom stereocenters. The van der Waals surface area contributed by atoms with E-state index < -0.39 is 9.84 Å². The first kappa shape index (κ1) is 12.1. The lowest BCUT2D eigenvalue weighted by molar-refractivity contribution is 0.551. The average Bonchev–Trinajstić information content (AvgIpc) is 3.10. The van der Waals surface area contributed by atoms with Crippen LogP contribution in [0.5, 0.6) is 0 Å². The van der Waals surface area contributed by atoms with Crippen molar-refractivity contribution in [3.63, 3.8) is 0 Å². The van der Waals surface area contributed by atoms with Crippen molar-refractivity contribution in [1.29, 1.82) is 0 Å². The Labute approximate surface area is 118 Å². The molecular weight excluding hydrogens is 272 g/mol. The summed E-state index contributed by atoms with van der Waals surface area (Å²) >= 11 is 0. The zero-order valence-electron chi connectivity index (χ0n) is 10.9. The van der Waals surface area contributed by atoms with Gasteiger partial charge in [0.15, 0.2) is 9.84 Å². The number of nitrogens with zero attached hydrogens (tertiary/aromatic N) is 1. The Morgan fingerprint density at radius 3 is 2.65 bits per heavy atom. The fraction of sp³-hybridized carbons (Fsp3) is 0.400. The van der Waals surface area contributed by atoms with Crippen molar-refractivity contribution in [3.8, 4) is 0 Å². The van der Waals surface area contributed by atoms with Crippen LogP contribution in [0.1, 0.15) is 6.42 Å². The fourth-order valence-corrected chi connectivity index (χ4v) is 6.26. The van der Waals surface area contributed by atoms with Gasteiger partial charge in [0, 0.05) is 5.92 Å². The summed E-state index contributed by atoms with van der Waals surface area (Å²) in [4.78, 5) is 0. The van der Waals surface area contributed by atoms with E-state index in [2.05, 4.69) is 22.7 Å². The second-order valence-corrected chi connectivity index (χ2v) is 7.99. The highest BCUT2D eigenvalue weighted by atomic mass is 32.2. The van der Waals surface area contributed by atoms with Crippen LogP contribution in [0.3, 0.4) is 0 Å². The maximum absolute atomic E-state index is 12.3. The smallest absolute Gasteiger partial charge is 0.159 e. The van der Waals surface area contributed by atoms with Gasteiger partial charge >= 0.3 is 0 Å². The highest BCUT2D eigenvalue weighted by Crippen LogP contribution is 2.51. The van der Waals surface area contributed by atoms with Gasteiger partial charge in [0.2, 0.25) is 0 Å². The van der Waals surface area contributed by atoms with Crippen LogP contribution >= 0.6 is 0 Å². The number of anilines is 1. The minimum absolute atomic E-state index is 0.0891. The molecular formula is C15H16N2O2S. The highest BCUT2D eigenvalue weighted by molar-refractivity contribution is 7.93. The molecule has 2 fully saturated rings. The zero-order chi connectivity index (χ0) is 13.7. The van der Waals surface area contributed by atoms with E-state index in [0.29, 0.717) is 5.92 Å². The van der Waals surface area contributed by atoms with Crippen molar-refractivity contribution >= 4 is 21.2 Å². The largest absolute Gasteiger partial charge is 0.279 e. The Kier molecular flexibility index (Phi) is 2.54.